The van der Waals surface area contributed by atoms with Crippen LogP contribution in [0.1, 0.15) is 24.3 Å². The maximum atomic E-state index is 12.0. The minimum absolute atomic E-state index is 0.0270. The summed E-state index contributed by atoms with van der Waals surface area (Å²) in [5.74, 6) is -0.571. The maximum absolute atomic E-state index is 12.0. The highest BCUT2D eigenvalue weighted by Crippen LogP contribution is 2.10. The van der Waals surface area contributed by atoms with Crippen LogP contribution in [0.15, 0.2) is 18.2 Å². The summed E-state index contributed by atoms with van der Waals surface area (Å²) in [6.07, 6.45) is -2.60. The SMILES string of the molecule is CC(CO)C(C)NC(=O)c1cccc(OCC(F)F)n1. The van der Waals surface area contributed by atoms with E-state index in [2.05, 4.69) is 10.3 Å². The molecule has 0 aliphatic carbocycles. The Bertz CT molecular complexity index is 443. The number of amides is 1. The Morgan fingerprint density at radius 3 is 2.75 bits per heavy atom. The third-order valence-electron chi connectivity index (χ3n) is 2.81. The van der Waals surface area contributed by atoms with E-state index in [1.807, 2.05) is 0 Å². The minimum atomic E-state index is -2.60. The summed E-state index contributed by atoms with van der Waals surface area (Å²) in [6, 6.07) is 4.13. The molecule has 0 saturated carbocycles. The number of rotatable bonds is 7. The summed E-state index contributed by atoms with van der Waals surface area (Å²) in [6.45, 7) is 2.74. The van der Waals surface area contributed by atoms with Crippen molar-refractivity contribution in [2.45, 2.75) is 26.3 Å². The lowest BCUT2D eigenvalue weighted by molar-refractivity contribution is 0.0791. The van der Waals surface area contributed by atoms with Crippen molar-refractivity contribution in [1.82, 2.24) is 10.3 Å². The molecule has 0 fully saturated rings. The van der Waals surface area contributed by atoms with E-state index in [-0.39, 0.29) is 30.1 Å². The lowest BCUT2D eigenvalue weighted by atomic mass is 10.1. The predicted octanol–water partition coefficient (Wildman–Crippen LogP) is 1.47. The van der Waals surface area contributed by atoms with Crippen LogP contribution >= 0.6 is 0 Å². The van der Waals surface area contributed by atoms with Gasteiger partial charge in [0, 0.05) is 18.7 Å². The summed E-state index contributed by atoms with van der Waals surface area (Å²) in [4.78, 5) is 15.8. The first-order valence-electron chi connectivity index (χ1n) is 6.23. The molecule has 0 saturated heterocycles. The lowest BCUT2D eigenvalue weighted by Gasteiger charge is -2.19. The van der Waals surface area contributed by atoms with E-state index >= 15 is 0 Å². The number of hydrogen-bond donors (Lipinski definition) is 2. The van der Waals surface area contributed by atoms with E-state index in [0.717, 1.165) is 0 Å². The predicted molar refractivity (Wildman–Crippen MR) is 68.9 cm³/mol. The molecule has 0 aliphatic heterocycles. The summed E-state index contributed by atoms with van der Waals surface area (Å²) in [5.41, 5.74) is 0.0776. The topological polar surface area (TPSA) is 71.5 Å². The fraction of sp³-hybridized carbons (Fsp3) is 0.538. The molecule has 2 N–H and O–H groups in total. The van der Waals surface area contributed by atoms with Crippen molar-refractivity contribution in [3.05, 3.63) is 23.9 Å². The van der Waals surface area contributed by atoms with Crippen LogP contribution in [0.2, 0.25) is 0 Å². The van der Waals surface area contributed by atoms with E-state index in [1.54, 1.807) is 13.8 Å². The van der Waals surface area contributed by atoms with E-state index in [1.165, 1.54) is 18.2 Å². The Labute approximate surface area is 116 Å². The summed E-state index contributed by atoms with van der Waals surface area (Å²) < 4.78 is 28.8. The van der Waals surface area contributed by atoms with Gasteiger partial charge in [-0.05, 0) is 18.9 Å². The van der Waals surface area contributed by atoms with Crippen LogP contribution in [0.5, 0.6) is 5.88 Å². The van der Waals surface area contributed by atoms with E-state index in [0.29, 0.717) is 0 Å². The van der Waals surface area contributed by atoms with Crippen molar-refractivity contribution in [1.29, 1.82) is 0 Å². The average molecular weight is 288 g/mol. The molecule has 0 radical (unpaired) electrons. The third-order valence-corrected chi connectivity index (χ3v) is 2.81. The van der Waals surface area contributed by atoms with Crippen LogP contribution in [-0.4, -0.2) is 41.7 Å². The number of aliphatic hydroxyl groups excluding tert-OH is 1. The highest BCUT2D eigenvalue weighted by molar-refractivity contribution is 5.92. The van der Waals surface area contributed by atoms with Crippen molar-refractivity contribution in [3.63, 3.8) is 0 Å². The molecule has 5 nitrogen and oxygen atoms in total. The Morgan fingerprint density at radius 2 is 2.15 bits per heavy atom. The number of aliphatic hydroxyl groups is 1. The molecule has 2 atom stereocenters. The minimum Gasteiger partial charge on any atom is -0.472 e. The Kier molecular flexibility index (Phi) is 6.30. The molecule has 0 aromatic carbocycles. The van der Waals surface area contributed by atoms with Crippen LogP contribution in [0.3, 0.4) is 0 Å². The fourth-order valence-electron chi connectivity index (χ4n) is 1.35. The van der Waals surface area contributed by atoms with Crippen molar-refractivity contribution >= 4 is 5.91 Å². The van der Waals surface area contributed by atoms with Crippen LogP contribution in [0.4, 0.5) is 8.78 Å². The Balaban J connectivity index is 2.66. The number of hydrogen-bond acceptors (Lipinski definition) is 4. The number of alkyl halides is 2. The van der Waals surface area contributed by atoms with Gasteiger partial charge < -0.3 is 15.2 Å². The quantitative estimate of drug-likeness (QED) is 0.797. The molecule has 1 aromatic rings. The van der Waals surface area contributed by atoms with Gasteiger partial charge in [0.25, 0.3) is 12.3 Å². The average Bonchev–Trinajstić information content (AvgIpc) is 2.44. The van der Waals surface area contributed by atoms with E-state index < -0.39 is 18.9 Å². The second kappa shape index (κ2) is 7.74. The van der Waals surface area contributed by atoms with Gasteiger partial charge in [0.15, 0.2) is 6.61 Å². The van der Waals surface area contributed by atoms with Crippen LogP contribution in [0.25, 0.3) is 0 Å². The number of ether oxygens (including phenoxy) is 1. The van der Waals surface area contributed by atoms with Gasteiger partial charge in [-0.15, -0.1) is 0 Å². The van der Waals surface area contributed by atoms with Crippen molar-refractivity contribution in [3.8, 4) is 5.88 Å². The smallest absolute Gasteiger partial charge is 0.272 e. The van der Waals surface area contributed by atoms with Crippen LogP contribution < -0.4 is 10.1 Å². The monoisotopic (exact) mass is 288 g/mol. The van der Waals surface area contributed by atoms with Crippen LogP contribution in [-0.2, 0) is 0 Å². The lowest BCUT2D eigenvalue weighted by Crippen LogP contribution is -2.38. The maximum Gasteiger partial charge on any atom is 0.272 e. The molecule has 112 valence electrons. The molecule has 0 spiro atoms. The normalized spacial score (nSPS) is 13.9. The Morgan fingerprint density at radius 1 is 1.45 bits per heavy atom. The number of nitrogens with one attached hydrogen (secondary N) is 1. The first kappa shape index (κ1) is 16.3. The summed E-state index contributed by atoms with van der Waals surface area (Å²) in [5, 5.41) is 11.7. The van der Waals surface area contributed by atoms with Gasteiger partial charge >= 0.3 is 0 Å². The van der Waals surface area contributed by atoms with Gasteiger partial charge in [-0.3, -0.25) is 4.79 Å². The molecule has 1 rings (SSSR count). The molecule has 0 bridgehead atoms. The number of nitrogens with zero attached hydrogens (tertiary/aromatic N) is 1. The second-order valence-corrected chi connectivity index (χ2v) is 4.49. The van der Waals surface area contributed by atoms with Gasteiger partial charge in [0.1, 0.15) is 5.69 Å². The summed E-state index contributed by atoms with van der Waals surface area (Å²) >= 11 is 0. The van der Waals surface area contributed by atoms with E-state index in [4.69, 9.17) is 9.84 Å². The molecule has 1 heterocycles. The van der Waals surface area contributed by atoms with Crippen LogP contribution in [0, 0.1) is 5.92 Å². The number of halogens is 2. The molecular weight excluding hydrogens is 270 g/mol. The fourth-order valence-corrected chi connectivity index (χ4v) is 1.35. The van der Waals surface area contributed by atoms with Gasteiger partial charge in [0.2, 0.25) is 5.88 Å². The van der Waals surface area contributed by atoms with Crippen molar-refractivity contribution in [2.75, 3.05) is 13.2 Å². The first-order valence-corrected chi connectivity index (χ1v) is 6.23. The standard InChI is InChI=1S/C13H18F2N2O3/c1-8(6-18)9(2)16-13(19)10-4-3-5-12(17-10)20-7-11(14)15/h3-5,8-9,11,18H,6-7H2,1-2H3,(H,16,19). The molecule has 1 amide bonds. The van der Waals surface area contributed by atoms with E-state index in [9.17, 15) is 13.6 Å². The molecule has 7 heteroatoms. The van der Waals surface area contributed by atoms with Gasteiger partial charge in [-0.1, -0.05) is 13.0 Å². The van der Waals surface area contributed by atoms with Crippen molar-refractivity contribution < 1.29 is 23.4 Å². The zero-order valence-corrected chi connectivity index (χ0v) is 11.3. The molecule has 2 unspecified atom stereocenters. The molecule has 20 heavy (non-hydrogen) atoms. The molecule has 0 aliphatic rings. The zero-order valence-electron chi connectivity index (χ0n) is 11.3. The van der Waals surface area contributed by atoms with Gasteiger partial charge in [0.05, 0.1) is 0 Å². The largest absolute Gasteiger partial charge is 0.472 e. The zero-order chi connectivity index (χ0) is 15.1. The molecule has 1 aromatic heterocycles. The highest BCUT2D eigenvalue weighted by Gasteiger charge is 2.16. The van der Waals surface area contributed by atoms with Gasteiger partial charge in [-0.25, -0.2) is 13.8 Å². The number of carbonyl (C=O) groups is 1. The highest BCUT2D eigenvalue weighted by atomic mass is 19.3. The number of carbonyl (C=O) groups excluding carboxylic acids is 1. The van der Waals surface area contributed by atoms with Gasteiger partial charge in [-0.2, -0.15) is 0 Å². The Hall–Kier alpha value is -1.76. The van der Waals surface area contributed by atoms with Crippen molar-refractivity contribution in [2.24, 2.45) is 5.92 Å². The first-order chi connectivity index (χ1) is 9.43. The second-order valence-electron chi connectivity index (χ2n) is 4.49. The number of aromatic nitrogens is 1. The number of pyridine rings is 1. The third kappa shape index (κ3) is 5.08. The summed E-state index contributed by atoms with van der Waals surface area (Å²) in [7, 11) is 0. The molecular formula is C13H18F2N2O3.